The number of methoxy groups -OCH3 is 1. The van der Waals surface area contributed by atoms with Gasteiger partial charge in [-0.2, -0.15) is 0 Å². The van der Waals surface area contributed by atoms with Crippen molar-refractivity contribution in [3.05, 3.63) is 47.8 Å². The Morgan fingerprint density at radius 1 is 1.00 bits per heavy atom. The number of rotatable bonds is 9. The molecule has 4 aliphatic heterocycles. The summed E-state index contributed by atoms with van der Waals surface area (Å²) in [6, 6.07) is 10.7. The van der Waals surface area contributed by atoms with Gasteiger partial charge in [0.1, 0.15) is 17.1 Å². The number of nitrogens with one attached hydrogen (secondary N) is 2. The van der Waals surface area contributed by atoms with Crippen molar-refractivity contribution in [3.63, 3.8) is 0 Å². The van der Waals surface area contributed by atoms with E-state index in [4.69, 9.17) is 25.2 Å². The molecule has 0 saturated carbocycles. The van der Waals surface area contributed by atoms with Crippen molar-refractivity contribution in [1.82, 2.24) is 24.8 Å². The first-order valence-electron chi connectivity index (χ1n) is 17.4. The van der Waals surface area contributed by atoms with E-state index < -0.39 is 5.91 Å². The molecule has 0 atom stereocenters. The number of amides is 1. The first-order valence-corrected chi connectivity index (χ1v) is 17.4. The summed E-state index contributed by atoms with van der Waals surface area (Å²) in [7, 11) is 3.83. The fraction of sp³-hybridized carbons (Fsp3) is 0.556. The molecule has 12 nitrogen and oxygen atoms in total. The third-order valence-corrected chi connectivity index (χ3v) is 10.8. The molecule has 1 aromatic carbocycles. The van der Waals surface area contributed by atoms with Crippen LogP contribution in [-0.2, 0) is 4.74 Å². The number of aryl methyl sites for hydroxylation is 1. The van der Waals surface area contributed by atoms with E-state index in [9.17, 15) is 4.79 Å². The molecule has 7 rings (SSSR count). The molecule has 1 spiro atoms. The van der Waals surface area contributed by atoms with Crippen LogP contribution in [0.5, 0.6) is 5.75 Å². The number of hydrogen-bond donors (Lipinski definition) is 3. The lowest BCUT2D eigenvalue weighted by Gasteiger charge is -2.57. The maximum absolute atomic E-state index is 12.8. The largest absolute Gasteiger partial charge is 0.494 e. The van der Waals surface area contributed by atoms with E-state index in [1.807, 2.05) is 12.1 Å². The van der Waals surface area contributed by atoms with Crippen molar-refractivity contribution in [1.29, 1.82) is 0 Å². The molecule has 1 amide bonds. The van der Waals surface area contributed by atoms with Crippen LogP contribution in [0.1, 0.15) is 54.6 Å². The molecule has 0 radical (unpaired) electrons. The SMILES string of the molecule is COc1cccnc1-c1nc(C(N)=O)c(Nc2ccc(N3CCC(N4CC5(CCN(C)CC5)C4)CC3)c(C)c2)nc1NC1CCOCC1. The molecule has 48 heavy (non-hydrogen) atoms. The van der Waals surface area contributed by atoms with Gasteiger partial charge in [-0.1, -0.05) is 0 Å². The summed E-state index contributed by atoms with van der Waals surface area (Å²) in [6.07, 6.45) is 8.41. The number of nitrogens with two attached hydrogens (primary N) is 1. The Balaban J connectivity index is 1.07. The van der Waals surface area contributed by atoms with Gasteiger partial charge < -0.3 is 35.6 Å². The van der Waals surface area contributed by atoms with Crippen LogP contribution in [0.25, 0.3) is 11.4 Å². The van der Waals surface area contributed by atoms with Crippen LogP contribution >= 0.6 is 0 Å². The second kappa shape index (κ2) is 13.9. The Morgan fingerprint density at radius 3 is 2.44 bits per heavy atom. The summed E-state index contributed by atoms with van der Waals surface area (Å²) < 4.78 is 11.1. The second-order valence-corrected chi connectivity index (χ2v) is 14.1. The predicted octanol–water partition coefficient (Wildman–Crippen LogP) is 4.29. The maximum atomic E-state index is 12.8. The molecule has 4 saturated heterocycles. The normalized spacial score (nSPS) is 20.8. The number of benzene rings is 1. The van der Waals surface area contributed by atoms with Crippen LogP contribution in [0, 0.1) is 12.3 Å². The highest BCUT2D eigenvalue weighted by Crippen LogP contribution is 2.43. The first-order chi connectivity index (χ1) is 23.3. The van der Waals surface area contributed by atoms with Crippen molar-refractivity contribution >= 4 is 28.9 Å². The summed E-state index contributed by atoms with van der Waals surface area (Å²) in [5.74, 6) is 0.644. The lowest BCUT2D eigenvalue weighted by Crippen LogP contribution is -2.63. The van der Waals surface area contributed by atoms with Gasteiger partial charge in [0.25, 0.3) is 5.91 Å². The Labute approximate surface area is 283 Å². The summed E-state index contributed by atoms with van der Waals surface area (Å²) in [5, 5.41) is 6.90. The number of hydrogen-bond acceptors (Lipinski definition) is 11. The van der Waals surface area contributed by atoms with Gasteiger partial charge in [0.15, 0.2) is 17.3 Å². The van der Waals surface area contributed by atoms with Crippen LogP contribution < -0.4 is 26.0 Å². The number of carbonyl (C=O) groups excluding carboxylic acids is 1. The molecule has 0 unspecified atom stereocenters. The molecule has 4 N–H and O–H groups in total. The van der Waals surface area contributed by atoms with Gasteiger partial charge in [-0.3, -0.25) is 14.7 Å². The molecule has 6 heterocycles. The van der Waals surface area contributed by atoms with Gasteiger partial charge in [-0.15, -0.1) is 0 Å². The van der Waals surface area contributed by atoms with Crippen molar-refractivity contribution in [2.75, 3.05) is 82.2 Å². The molecule has 2 aromatic heterocycles. The smallest absolute Gasteiger partial charge is 0.271 e. The topological polar surface area (TPSA) is 134 Å². The summed E-state index contributed by atoms with van der Waals surface area (Å²) in [6.45, 7) is 10.6. The summed E-state index contributed by atoms with van der Waals surface area (Å²) in [4.78, 5) is 34.7. The minimum atomic E-state index is -0.682. The molecular weight excluding hydrogens is 606 g/mol. The molecule has 4 fully saturated rings. The Kier molecular flexibility index (Phi) is 9.39. The van der Waals surface area contributed by atoms with Crippen LogP contribution in [-0.4, -0.2) is 109 Å². The number of anilines is 4. The highest BCUT2D eigenvalue weighted by Gasteiger charge is 2.46. The quantitative estimate of drug-likeness (QED) is 0.305. The number of carbonyl (C=O) groups is 1. The maximum Gasteiger partial charge on any atom is 0.271 e. The van der Waals surface area contributed by atoms with Crippen LogP contribution in [0.15, 0.2) is 36.5 Å². The van der Waals surface area contributed by atoms with Gasteiger partial charge in [-0.05, 0) is 107 Å². The zero-order valence-corrected chi connectivity index (χ0v) is 28.5. The first kappa shape index (κ1) is 32.5. The highest BCUT2D eigenvalue weighted by molar-refractivity contribution is 5.97. The standard InChI is InChI=1S/C36H49N9O3/c1-24-21-26(6-7-28(24)44-15-8-27(9-16-44)45-22-36(23-45)12-17-43(2)18-13-36)40-35-32(33(37)46)41-31(30-29(47-3)5-4-14-38-30)34(42-35)39-25-10-19-48-20-11-25/h4-7,14,21,25,27H,8-13,15-20,22-23H2,1-3H3,(H2,37,46)(H2,39,40,42). The van der Waals surface area contributed by atoms with E-state index in [0.29, 0.717) is 53.4 Å². The number of primary amides is 1. The molecule has 3 aromatic rings. The van der Waals surface area contributed by atoms with Gasteiger partial charge in [0.2, 0.25) is 0 Å². The number of aromatic nitrogens is 3. The van der Waals surface area contributed by atoms with Crippen LogP contribution in [0.4, 0.5) is 23.0 Å². The molecule has 12 heteroatoms. The van der Waals surface area contributed by atoms with Crippen molar-refractivity contribution in [2.24, 2.45) is 11.1 Å². The molecule has 0 aliphatic carbocycles. The lowest BCUT2D eigenvalue weighted by atomic mass is 9.71. The van der Waals surface area contributed by atoms with E-state index in [1.165, 1.54) is 57.5 Å². The fourth-order valence-electron chi connectivity index (χ4n) is 7.91. The average molecular weight is 656 g/mol. The van der Waals surface area contributed by atoms with Gasteiger partial charge in [0.05, 0.1) is 7.11 Å². The van der Waals surface area contributed by atoms with Gasteiger partial charge >= 0.3 is 0 Å². The van der Waals surface area contributed by atoms with Crippen LogP contribution in [0.2, 0.25) is 0 Å². The zero-order valence-electron chi connectivity index (χ0n) is 28.5. The summed E-state index contributed by atoms with van der Waals surface area (Å²) >= 11 is 0. The Morgan fingerprint density at radius 2 is 1.75 bits per heavy atom. The van der Waals surface area contributed by atoms with Gasteiger partial charge in [0, 0.05) is 69.0 Å². The van der Waals surface area contributed by atoms with Crippen molar-refractivity contribution in [3.8, 4) is 17.1 Å². The predicted molar refractivity (Wildman–Crippen MR) is 188 cm³/mol. The Hall–Kier alpha value is -4.00. The number of nitrogens with zero attached hydrogens (tertiary/aromatic N) is 6. The number of piperidine rings is 2. The highest BCUT2D eigenvalue weighted by atomic mass is 16.5. The molecule has 0 bridgehead atoms. The average Bonchev–Trinajstić information content (AvgIpc) is 3.08. The minimum absolute atomic E-state index is 0.0343. The third kappa shape index (κ3) is 6.79. The van der Waals surface area contributed by atoms with Crippen LogP contribution in [0.3, 0.4) is 0 Å². The Bertz CT molecular complexity index is 1600. The number of ether oxygens (including phenoxy) is 2. The van der Waals surface area contributed by atoms with Crippen molar-refractivity contribution < 1.29 is 14.3 Å². The van der Waals surface area contributed by atoms with E-state index >= 15 is 0 Å². The zero-order chi connectivity index (χ0) is 33.3. The number of likely N-dealkylation sites (tertiary alicyclic amines) is 2. The fourth-order valence-corrected chi connectivity index (χ4v) is 7.91. The van der Waals surface area contributed by atoms with E-state index in [1.54, 1.807) is 19.4 Å². The monoisotopic (exact) mass is 655 g/mol. The van der Waals surface area contributed by atoms with E-state index in [2.05, 4.69) is 56.4 Å². The molecule has 256 valence electrons. The van der Waals surface area contributed by atoms with Gasteiger partial charge in [-0.25, -0.2) is 9.97 Å². The van der Waals surface area contributed by atoms with E-state index in [-0.39, 0.29) is 11.7 Å². The van der Waals surface area contributed by atoms with E-state index in [0.717, 1.165) is 37.2 Å². The van der Waals surface area contributed by atoms with Crippen molar-refractivity contribution in [2.45, 2.75) is 57.5 Å². The third-order valence-electron chi connectivity index (χ3n) is 10.8. The summed E-state index contributed by atoms with van der Waals surface area (Å²) in [5.41, 5.74) is 10.6. The molecular formula is C36H49N9O3. The number of pyridine rings is 1. The lowest BCUT2D eigenvalue weighted by molar-refractivity contribution is -0.0704. The minimum Gasteiger partial charge on any atom is -0.494 e. The second-order valence-electron chi connectivity index (χ2n) is 14.1. The molecule has 4 aliphatic rings.